The van der Waals surface area contributed by atoms with Gasteiger partial charge in [-0.05, 0) is 58.0 Å². The van der Waals surface area contributed by atoms with E-state index in [4.69, 9.17) is 0 Å². The van der Waals surface area contributed by atoms with E-state index in [0.717, 1.165) is 22.9 Å². The molecule has 0 fully saturated rings. The Hall–Kier alpha value is -3.32. The van der Waals surface area contributed by atoms with Crippen molar-refractivity contribution in [3.05, 3.63) is 77.4 Å². The molecule has 0 bridgehead atoms. The first-order chi connectivity index (χ1) is 14.9. The predicted octanol–water partition coefficient (Wildman–Crippen LogP) is 4.89. The molecule has 3 aromatic carbocycles. The van der Waals surface area contributed by atoms with E-state index in [2.05, 4.69) is 49.8 Å². The highest BCUT2D eigenvalue weighted by Gasteiger charge is 2.29. The van der Waals surface area contributed by atoms with Gasteiger partial charge in [0.2, 0.25) is 10.0 Å². The van der Waals surface area contributed by atoms with Gasteiger partial charge >= 0.3 is 0 Å². The van der Waals surface area contributed by atoms with E-state index in [1.807, 2.05) is 18.2 Å². The first kappa shape index (κ1) is 21.9. The normalized spacial score (nSPS) is 13.9. The van der Waals surface area contributed by atoms with E-state index in [1.54, 1.807) is 11.0 Å². The molecule has 0 atom stereocenters. The summed E-state index contributed by atoms with van der Waals surface area (Å²) in [6.07, 6.45) is 1.01. The van der Waals surface area contributed by atoms with Gasteiger partial charge < -0.3 is 10.0 Å². The summed E-state index contributed by atoms with van der Waals surface area (Å²) in [6.45, 7) is 6.90. The maximum Gasteiger partial charge on any atom is 0.258 e. The molecule has 2 N–H and O–H groups in total. The SMILES string of the molecule is CC(C)(C)c1ccc(-c2ccc3c(c2)CN(c2ccc(O)c(NS(C)(=O)=O)c2)C3=O)cc1. The molecule has 0 aliphatic carbocycles. The number of rotatable bonds is 4. The standard InChI is InChI=1S/C25H26N2O4S/c1-25(2,3)19-8-5-16(6-9-19)17-7-11-21-18(13-17)15-27(24(21)29)20-10-12-23(28)22(14-20)26-32(4,30)31/h5-14,26,28H,15H2,1-4H3. The number of anilines is 2. The minimum absolute atomic E-state index is 0.0355. The van der Waals surface area contributed by atoms with Crippen molar-refractivity contribution < 1.29 is 18.3 Å². The molecule has 32 heavy (non-hydrogen) atoms. The van der Waals surface area contributed by atoms with E-state index in [0.29, 0.717) is 17.8 Å². The lowest BCUT2D eigenvalue weighted by Gasteiger charge is -2.19. The lowest BCUT2D eigenvalue weighted by Crippen LogP contribution is -2.23. The molecule has 1 heterocycles. The zero-order chi connectivity index (χ0) is 23.3. The van der Waals surface area contributed by atoms with E-state index in [9.17, 15) is 18.3 Å². The van der Waals surface area contributed by atoms with Crippen molar-refractivity contribution in [1.82, 2.24) is 0 Å². The van der Waals surface area contributed by atoms with Gasteiger partial charge in [0.25, 0.3) is 5.91 Å². The van der Waals surface area contributed by atoms with Crippen molar-refractivity contribution in [2.24, 2.45) is 0 Å². The second kappa shape index (κ2) is 7.67. The average Bonchev–Trinajstić information content (AvgIpc) is 3.04. The summed E-state index contributed by atoms with van der Waals surface area (Å²) in [6, 6.07) is 18.7. The minimum Gasteiger partial charge on any atom is -0.506 e. The smallest absolute Gasteiger partial charge is 0.258 e. The van der Waals surface area contributed by atoms with Crippen LogP contribution in [0.5, 0.6) is 5.75 Å². The largest absolute Gasteiger partial charge is 0.506 e. The summed E-state index contributed by atoms with van der Waals surface area (Å²) < 4.78 is 25.4. The number of carbonyl (C=O) groups is 1. The maximum absolute atomic E-state index is 13.0. The molecule has 4 rings (SSSR count). The highest BCUT2D eigenvalue weighted by atomic mass is 32.2. The van der Waals surface area contributed by atoms with Crippen molar-refractivity contribution in [3.8, 4) is 16.9 Å². The highest BCUT2D eigenvalue weighted by Crippen LogP contribution is 2.35. The first-order valence-electron chi connectivity index (χ1n) is 10.3. The van der Waals surface area contributed by atoms with Gasteiger partial charge in [0.1, 0.15) is 5.75 Å². The van der Waals surface area contributed by atoms with Crippen LogP contribution >= 0.6 is 0 Å². The number of hydrogen-bond donors (Lipinski definition) is 2. The van der Waals surface area contributed by atoms with Crippen LogP contribution in [0.3, 0.4) is 0 Å². The van der Waals surface area contributed by atoms with Crippen LogP contribution in [0.4, 0.5) is 11.4 Å². The van der Waals surface area contributed by atoms with Gasteiger partial charge in [0, 0.05) is 11.3 Å². The Labute approximate surface area is 188 Å². The number of sulfonamides is 1. The maximum atomic E-state index is 13.0. The van der Waals surface area contributed by atoms with Crippen LogP contribution in [0.2, 0.25) is 0 Å². The number of amides is 1. The number of benzene rings is 3. The lowest BCUT2D eigenvalue weighted by atomic mass is 9.86. The third-order valence-corrected chi connectivity index (χ3v) is 6.17. The first-order valence-corrected chi connectivity index (χ1v) is 12.2. The molecule has 1 aliphatic heterocycles. The molecule has 0 spiro atoms. The monoisotopic (exact) mass is 450 g/mol. The molecular formula is C25H26N2O4S. The third-order valence-electron chi connectivity index (χ3n) is 5.58. The van der Waals surface area contributed by atoms with Crippen molar-refractivity contribution in [3.63, 3.8) is 0 Å². The Balaban J connectivity index is 1.63. The van der Waals surface area contributed by atoms with Gasteiger partial charge in [-0.15, -0.1) is 0 Å². The van der Waals surface area contributed by atoms with Crippen molar-refractivity contribution in [1.29, 1.82) is 0 Å². The van der Waals surface area contributed by atoms with Crippen molar-refractivity contribution in [2.75, 3.05) is 15.9 Å². The Morgan fingerprint density at radius 1 is 0.938 bits per heavy atom. The van der Waals surface area contributed by atoms with Crippen LogP contribution in [0.1, 0.15) is 42.3 Å². The zero-order valence-corrected chi connectivity index (χ0v) is 19.3. The summed E-state index contributed by atoms with van der Waals surface area (Å²) in [7, 11) is -3.57. The van der Waals surface area contributed by atoms with E-state index < -0.39 is 10.0 Å². The van der Waals surface area contributed by atoms with Crippen LogP contribution in [-0.2, 0) is 22.0 Å². The Morgan fingerprint density at radius 3 is 2.22 bits per heavy atom. The second-order valence-electron chi connectivity index (χ2n) is 9.17. The molecule has 0 unspecified atom stereocenters. The van der Waals surface area contributed by atoms with E-state index in [1.165, 1.54) is 17.7 Å². The summed E-state index contributed by atoms with van der Waals surface area (Å²) >= 11 is 0. The second-order valence-corrected chi connectivity index (χ2v) is 10.9. The number of aromatic hydroxyl groups is 1. The average molecular weight is 451 g/mol. The highest BCUT2D eigenvalue weighted by molar-refractivity contribution is 7.92. The molecule has 166 valence electrons. The van der Waals surface area contributed by atoms with Crippen molar-refractivity contribution in [2.45, 2.75) is 32.7 Å². The van der Waals surface area contributed by atoms with Crippen LogP contribution in [0.15, 0.2) is 60.7 Å². The number of phenolic OH excluding ortho intramolecular Hbond substituents is 1. The summed E-state index contributed by atoms with van der Waals surface area (Å²) in [5, 5.41) is 9.98. The summed E-state index contributed by atoms with van der Waals surface area (Å²) in [5.74, 6) is -0.366. The Kier molecular flexibility index (Phi) is 5.25. The fraction of sp³-hybridized carbons (Fsp3) is 0.240. The van der Waals surface area contributed by atoms with Crippen LogP contribution in [-0.4, -0.2) is 25.7 Å². The number of phenols is 1. The van der Waals surface area contributed by atoms with Crippen LogP contribution in [0, 0.1) is 0 Å². The molecular weight excluding hydrogens is 424 g/mol. The number of nitrogens with one attached hydrogen (secondary N) is 1. The van der Waals surface area contributed by atoms with Gasteiger partial charge in [-0.2, -0.15) is 0 Å². The van der Waals surface area contributed by atoms with Crippen LogP contribution < -0.4 is 9.62 Å². The molecule has 0 radical (unpaired) electrons. The number of hydrogen-bond acceptors (Lipinski definition) is 4. The molecule has 0 saturated carbocycles. The molecule has 7 heteroatoms. The molecule has 0 aromatic heterocycles. The van der Waals surface area contributed by atoms with Gasteiger partial charge in [0.05, 0.1) is 18.5 Å². The Bertz CT molecular complexity index is 1310. The topological polar surface area (TPSA) is 86.7 Å². The lowest BCUT2D eigenvalue weighted by molar-refractivity contribution is 0.0996. The predicted molar refractivity (Wildman–Crippen MR) is 128 cm³/mol. The quantitative estimate of drug-likeness (QED) is 0.554. The Morgan fingerprint density at radius 2 is 1.59 bits per heavy atom. The fourth-order valence-corrected chi connectivity index (χ4v) is 4.41. The van der Waals surface area contributed by atoms with Gasteiger partial charge in [-0.3, -0.25) is 9.52 Å². The molecule has 1 aliphatic rings. The molecule has 0 saturated heterocycles. The molecule has 6 nitrogen and oxygen atoms in total. The molecule has 3 aromatic rings. The van der Waals surface area contributed by atoms with E-state index >= 15 is 0 Å². The number of fused-ring (bicyclic) bond motifs is 1. The van der Waals surface area contributed by atoms with Crippen LogP contribution in [0.25, 0.3) is 11.1 Å². The zero-order valence-electron chi connectivity index (χ0n) is 18.5. The van der Waals surface area contributed by atoms with Gasteiger partial charge in [-0.1, -0.05) is 51.1 Å². The summed E-state index contributed by atoms with van der Waals surface area (Å²) in [5.41, 5.74) is 5.51. The fourth-order valence-electron chi connectivity index (χ4n) is 3.84. The number of nitrogens with zero attached hydrogens (tertiary/aromatic N) is 1. The summed E-state index contributed by atoms with van der Waals surface area (Å²) in [4.78, 5) is 14.6. The third kappa shape index (κ3) is 4.34. The van der Waals surface area contributed by atoms with E-state index in [-0.39, 0.29) is 22.8 Å². The van der Waals surface area contributed by atoms with Gasteiger partial charge in [0.15, 0.2) is 0 Å². The molecule has 1 amide bonds. The van der Waals surface area contributed by atoms with Gasteiger partial charge in [-0.25, -0.2) is 8.42 Å². The minimum atomic E-state index is -3.57. The number of carbonyl (C=O) groups excluding carboxylic acids is 1. The van der Waals surface area contributed by atoms with Crippen molar-refractivity contribution >= 4 is 27.3 Å².